The second-order valence-electron chi connectivity index (χ2n) is 6.30. The lowest BCUT2D eigenvalue weighted by atomic mass is 10.1. The van der Waals surface area contributed by atoms with Gasteiger partial charge < -0.3 is 10.6 Å². The molecule has 0 saturated carbocycles. The summed E-state index contributed by atoms with van der Waals surface area (Å²) in [5.41, 5.74) is 7.16. The highest BCUT2D eigenvalue weighted by atomic mass is 19.1. The molecule has 1 atom stereocenters. The molecule has 6 nitrogen and oxygen atoms in total. The molecule has 0 aliphatic carbocycles. The Balaban J connectivity index is 1.83. The van der Waals surface area contributed by atoms with Crippen LogP contribution in [0.25, 0.3) is 0 Å². The Morgan fingerprint density at radius 2 is 1.96 bits per heavy atom. The van der Waals surface area contributed by atoms with Gasteiger partial charge in [-0.15, -0.1) is 0 Å². The van der Waals surface area contributed by atoms with Gasteiger partial charge in [0.1, 0.15) is 17.6 Å². The van der Waals surface area contributed by atoms with Crippen LogP contribution in [-0.4, -0.2) is 35.0 Å². The second kappa shape index (κ2) is 7.99. The molecule has 1 aliphatic heterocycles. The van der Waals surface area contributed by atoms with Gasteiger partial charge in [0.2, 0.25) is 5.91 Å². The van der Waals surface area contributed by atoms with Gasteiger partial charge in [-0.3, -0.25) is 14.6 Å². The number of anilines is 1. The highest BCUT2D eigenvalue weighted by Crippen LogP contribution is 2.25. The number of benzene rings is 2. The highest BCUT2D eigenvalue weighted by Gasteiger charge is 2.36. The molecule has 0 bridgehead atoms. The molecular formula is C20H21FN4O2. The number of primary amides is 1. The minimum atomic E-state index is -0.709. The van der Waals surface area contributed by atoms with Crippen molar-refractivity contribution >= 4 is 23.2 Å². The van der Waals surface area contributed by atoms with Crippen LogP contribution >= 0.6 is 0 Å². The number of hydrazone groups is 1. The molecule has 0 radical (unpaired) electrons. The predicted octanol–water partition coefficient (Wildman–Crippen LogP) is 2.29. The lowest BCUT2D eigenvalue weighted by molar-refractivity contribution is -0.124. The standard InChI is InChI=1S/C20H21FN4O2/c1-2-24(13-14-7-6-8-15(21)11-14)20(27)17-12-18(19(22)26)25(23-17)16-9-4-3-5-10-16/h3-11,18H,2,12-13H2,1H3,(H2,22,26). The Morgan fingerprint density at radius 1 is 1.22 bits per heavy atom. The van der Waals surface area contributed by atoms with Crippen LogP contribution in [-0.2, 0) is 16.1 Å². The van der Waals surface area contributed by atoms with Crippen LogP contribution < -0.4 is 10.7 Å². The van der Waals surface area contributed by atoms with Crippen molar-refractivity contribution in [3.63, 3.8) is 0 Å². The van der Waals surface area contributed by atoms with Gasteiger partial charge in [0.15, 0.2) is 0 Å². The van der Waals surface area contributed by atoms with Crippen molar-refractivity contribution in [3.8, 4) is 0 Å². The zero-order chi connectivity index (χ0) is 19.4. The zero-order valence-corrected chi connectivity index (χ0v) is 15.0. The van der Waals surface area contributed by atoms with E-state index < -0.39 is 11.9 Å². The SMILES string of the molecule is CCN(Cc1cccc(F)c1)C(=O)C1=NN(c2ccccc2)C(C(N)=O)C1. The third kappa shape index (κ3) is 4.13. The fourth-order valence-electron chi connectivity index (χ4n) is 3.05. The van der Waals surface area contributed by atoms with Gasteiger partial charge in [0.25, 0.3) is 5.91 Å². The van der Waals surface area contributed by atoms with E-state index in [-0.39, 0.29) is 30.4 Å². The van der Waals surface area contributed by atoms with Gasteiger partial charge in [-0.05, 0) is 36.8 Å². The number of nitrogens with zero attached hydrogens (tertiary/aromatic N) is 3. The molecule has 2 amide bonds. The quantitative estimate of drug-likeness (QED) is 0.850. The van der Waals surface area contributed by atoms with E-state index >= 15 is 0 Å². The maximum Gasteiger partial charge on any atom is 0.270 e. The monoisotopic (exact) mass is 368 g/mol. The van der Waals surface area contributed by atoms with Gasteiger partial charge in [-0.2, -0.15) is 5.10 Å². The number of carbonyl (C=O) groups excluding carboxylic acids is 2. The van der Waals surface area contributed by atoms with Crippen LogP contribution in [0.15, 0.2) is 59.7 Å². The molecule has 0 aromatic heterocycles. The summed E-state index contributed by atoms with van der Waals surface area (Å²) in [6, 6.07) is 14.5. The van der Waals surface area contributed by atoms with Crippen LogP contribution in [0.5, 0.6) is 0 Å². The first-order chi connectivity index (χ1) is 13.0. The predicted molar refractivity (Wildman–Crippen MR) is 101 cm³/mol. The van der Waals surface area contributed by atoms with Gasteiger partial charge in [0, 0.05) is 19.5 Å². The molecule has 0 fully saturated rings. The van der Waals surface area contributed by atoms with E-state index in [1.165, 1.54) is 17.1 Å². The maximum absolute atomic E-state index is 13.4. The summed E-state index contributed by atoms with van der Waals surface area (Å²) in [4.78, 5) is 26.4. The Labute approximate surface area is 157 Å². The molecule has 2 aromatic rings. The molecule has 140 valence electrons. The summed E-state index contributed by atoms with van der Waals surface area (Å²) < 4.78 is 13.4. The normalized spacial score (nSPS) is 16.1. The number of carbonyl (C=O) groups is 2. The van der Waals surface area contributed by atoms with E-state index in [9.17, 15) is 14.0 Å². The number of rotatable bonds is 6. The van der Waals surface area contributed by atoms with E-state index in [4.69, 9.17) is 5.73 Å². The highest BCUT2D eigenvalue weighted by molar-refractivity contribution is 6.40. The minimum absolute atomic E-state index is 0.142. The smallest absolute Gasteiger partial charge is 0.270 e. The van der Waals surface area contributed by atoms with Crippen LogP contribution in [0.4, 0.5) is 10.1 Å². The van der Waals surface area contributed by atoms with Gasteiger partial charge in [-0.25, -0.2) is 4.39 Å². The van der Waals surface area contributed by atoms with Crippen molar-refractivity contribution in [1.82, 2.24) is 4.90 Å². The molecule has 2 aromatic carbocycles. The third-order valence-electron chi connectivity index (χ3n) is 4.44. The molecule has 0 spiro atoms. The molecule has 1 aliphatic rings. The zero-order valence-electron chi connectivity index (χ0n) is 15.0. The van der Waals surface area contributed by atoms with E-state index in [0.29, 0.717) is 17.8 Å². The molecule has 0 saturated heterocycles. The fraction of sp³-hybridized carbons (Fsp3) is 0.250. The van der Waals surface area contributed by atoms with Crippen LogP contribution in [0, 0.1) is 5.82 Å². The topological polar surface area (TPSA) is 79.0 Å². The first-order valence-corrected chi connectivity index (χ1v) is 8.74. The van der Waals surface area contributed by atoms with Crippen molar-refractivity contribution in [2.75, 3.05) is 11.6 Å². The molecule has 2 N–H and O–H groups in total. The summed E-state index contributed by atoms with van der Waals surface area (Å²) >= 11 is 0. The van der Waals surface area contributed by atoms with Crippen molar-refractivity contribution in [2.45, 2.75) is 25.9 Å². The van der Waals surface area contributed by atoms with Crippen molar-refractivity contribution in [3.05, 3.63) is 66.0 Å². The van der Waals surface area contributed by atoms with E-state index in [2.05, 4.69) is 5.10 Å². The van der Waals surface area contributed by atoms with E-state index in [1.807, 2.05) is 25.1 Å². The van der Waals surface area contributed by atoms with Crippen LogP contribution in [0.1, 0.15) is 18.9 Å². The van der Waals surface area contributed by atoms with Crippen molar-refractivity contribution < 1.29 is 14.0 Å². The maximum atomic E-state index is 13.4. The molecule has 1 unspecified atom stereocenters. The van der Waals surface area contributed by atoms with Gasteiger partial charge >= 0.3 is 0 Å². The Bertz CT molecular complexity index is 869. The summed E-state index contributed by atoms with van der Waals surface area (Å²) in [6.45, 7) is 2.53. The molecule has 7 heteroatoms. The number of amides is 2. The van der Waals surface area contributed by atoms with Crippen LogP contribution in [0.2, 0.25) is 0 Å². The molecule has 3 rings (SSSR count). The lowest BCUT2D eigenvalue weighted by Gasteiger charge is -2.20. The van der Waals surface area contributed by atoms with Crippen molar-refractivity contribution in [1.29, 1.82) is 0 Å². The van der Waals surface area contributed by atoms with Gasteiger partial charge in [0.05, 0.1) is 5.69 Å². The third-order valence-corrected chi connectivity index (χ3v) is 4.44. The second-order valence-corrected chi connectivity index (χ2v) is 6.30. The van der Waals surface area contributed by atoms with Crippen molar-refractivity contribution in [2.24, 2.45) is 10.8 Å². The summed E-state index contributed by atoms with van der Waals surface area (Å²) in [6.07, 6.45) is 0.142. The van der Waals surface area contributed by atoms with Gasteiger partial charge in [-0.1, -0.05) is 30.3 Å². The summed E-state index contributed by atoms with van der Waals surface area (Å²) in [7, 11) is 0. The number of hydrogen-bond donors (Lipinski definition) is 1. The number of hydrogen-bond acceptors (Lipinski definition) is 4. The molecule has 27 heavy (non-hydrogen) atoms. The average molecular weight is 368 g/mol. The van der Waals surface area contributed by atoms with Crippen LogP contribution in [0.3, 0.4) is 0 Å². The summed E-state index contributed by atoms with van der Waals surface area (Å²) in [5.74, 6) is -1.18. The lowest BCUT2D eigenvalue weighted by Crippen LogP contribution is -2.40. The molecule has 1 heterocycles. The number of nitrogens with two attached hydrogens (primary N) is 1. The van der Waals surface area contributed by atoms with E-state index in [1.54, 1.807) is 29.2 Å². The first-order valence-electron chi connectivity index (χ1n) is 8.74. The van der Waals surface area contributed by atoms with E-state index in [0.717, 1.165) is 0 Å². The number of para-hydroxylation sites is 1. The molecular weight excluding hydrogens is 347 g/mol. The Hall–Kier alpha value is -3.22. The Kier molecular flexibility index (Phi) is 5.49. The minimum Gasteiger partial charge on any atom is -0.368 e. The summed E-state index contributed by atoms with van der Waals surface area (Å²) in [5, 5.41) is 5.86. The number of halogens is 1. The fourth-order valence-corrected chi connectivity index (χ4v) is 3.05. The average Bonchev–Trinajstić information content (AvgIpc) is 3.12. The largest absolute Gasteiger partial charge is 0.368 e. The Morgan fingerprint density at radius 3 is 2.59 bits per heavy atom. The first kappa shape index (κ1) is 18.6.